The van der Waals surface area contributed by atoms with E-state index in [2.05, 4.69) is 10.6 Å². The number of amides is 3. The number of hydrogen-bond donors (Lipinski definition) is 2. The third-order valence-corrected chi connectivity index (χ3v) is 4.69. The largest absolute Gasteiger partial charge is 0.356 e. The molecule has 6 nitrogen and oxygen atoms in total. The lowest BCUT2D eigenvalue weighted by Gasteiger charge is -2.33. The first-order chi connectivity index (χ1) is 10.1. The van der Waals surface area contributed by atoms with Crippen LogP contribution >= 0.6 is 0 Å². The summed E-state index contributed by atoms with van der Waals surface area (Å²) in [4.78, 5) is 37.5. The van der Waals surface area contributed by atoms with Gasteiger partial charge in [-0.1, -0.05) is 0 Å². The number of likely N-dealkylation sites (tertiary alicyclic amines) is 1. The van der Waals surface area contributed by atoms with Gasteiger partial charge in [0, 0.05) is 32.6 Å². The van der Waals surface area contributed by atoms with Gasteiger partial charge in [0.05, 0.1) is 11.8 Å². The number of carbonyl (C=O) groups is 3. The molecule has 2 atom stereocenters. The van der Waals surface area contributed by atoms with E-state index in [4.69, 9.17) is 0 Å². The van der Waals surface area contributed by atoms with Crippen LogP contribution in [0.2, 0.25) is 0 Å². The fourth-order valence-corrected chi connectivity index (χ4v) is 3.14. The smallest absolute Gasteiger partial charge is 0.228 e. The minimum atomic E-state index is -0.245. The molecule has 0 radical (unpaired) electrons. The lowest BCUT2D eigenvalue weighted by atomic mass is 9.95. The van der Waals surface area contributed by atoms with Crippen molar-refractivity contribution in [1.29, 1.82) is 0 Å². The van der Waals surface area contributed by atoms with Crippen LogP contribution in [0, 0.1) is 17.8 Å². The molecule has 2 saturated heterocycles. The third-order valence-electron chi connectivity index (χ3n) is 4.69. The van der Waals surface area contributed by atoms with Gasteiger partial charge in [0.25, 0.3) is 0 Å². The Kier molecular flexibility index (Phi) is 4.12. The van der Waals surface area contributed by atoms with E-state index >= 15 is 0 Å². The van der Waals surface area contributed by atoms with Crippen LogP contribution in [0.4, 0.5) is 0 Å². The molecule has 2 unspecified atom stereocenters. The highest BCUT2D eigenvalue weighted by Crippen LogP contribution is 2.28. The molecular weight excluding hydrogens is 270 g/mol. The molecule has 0 aromatic rings. The maximum atomic E-state index is 12.4. The molecule has 116 valence electrons. The Hall–Kier alpha value is -1.59. The highest BCUT2D eigenvalue weighted by molar-refractivity contribution is 5.89. The molecule has 3 rings (SSSR count). The topological polar surface area (TPSA) is 78.5 Å². The lowest BCUT2D eigenvalue weighted by Crippen LogP contribution is -2.47. The van der Waals surface area contributed by atoms with Gasteiger partial charge in [-0.15, -0.1) is 0 Å². The first-order valence-corrected chi connectivity index (χ1v) is 7.96. The van der Waals surface area contributed by atoms with Crippen LogP contribution in [0.5, 0.6) is 0 Å². The van der Waals surface area contributed by atoms with Crippen LogP contribution in [0.1, 0.15) is 32.1 Å². The van der Waals surface area contributed by atoms with Crippen molar-refractivity contribution < 1.29 is 14.4 Å². The molecule has 2 aliphatic heterocycles. The van der Waals surface area contributed by atoms with E-state index in [-0.39, 0.29) is 36.0 Å². The molecule has 3 amide bonds. The van der Waals surface area contributed by atoms with Gasteiger partial charge < -0.3 is 15.5 Å². The van der Waals surface area contributed by atoms with E-state index in [0.717, 1.165) is 19.4 Å². The van der Waals surface area contributed by atoms with Crippen LogP contribution in [-0.4, -0.2) is 48.8 Å². The fraction of sp³-hybridized carbons (Fsp3) is 0.800. The highest BCUT2D eigenvalue weighted by atomic mass is 16.2. The molecule has 1 aliphatic carbocycles. The maximum Gasteiger partial charge on any atom is 0.228 e. The quantitative estimate of drug-likeness (QED) is 0.759. The zero-order valence-electron chi connectivity index (χ0n) is 12.3. The molecule has 0 aromatic heterocycles. The van der Waals surface area contributed by atoms with E-state index in [1.807, 2.05) is 0 Å². The summed E-state index contributed by atoms with van der Waals surface area (Å²) in [6.45, 7) is 2.42. The van der Waals surface area contributed by atoms with Gasteiger partial charge in [-0.05, 0) is 31.6 Å². The van der Waals surface area contributed by atoms with E-state index in [0.29, 0.717) is 25.6 Å². The molecule has 3 fully saturated rings. The normalized spacial score (nSPS) is 29.1. The Balaban J connectivity index is 1.50. The van der Waals surface area contributed by atoms with Crippen molar-refractivity contribution in [3.8, 4) is 0 Å². The van der Waals surface area contributed by atoms with Crippen molar-refractivity contribution in [3.05, 3.63) is 0 Å². The zero-order chi connectivity index (χ0) is 14.8. The summed E-state index contributed by atoms with van der Waals surface area (Å²) in [7, 11) is 0. The molecule has 21 heavy (non-hydrogen) atoms. The summed E-state index contributed by atoms with van der Waals surface area (Å²) >= 11 is 0. The monoisotopic (exact) mass is 293 g/mol. The van der Waals surface area contributed by atoms with Gasteiger partial charge in [-0.25, -0.2) is 0 Å². The molecule has 3 aliphatic rings. The third kappa shape index (κ3) is 3.54. The van der Waals surface area contributed by atoms with Crippen LogP contribution in [0.25, 0.3) is 0 Å². The van der Waals surface area contributed by atoms with E-state index < -0.39 is 0 Å². The molecular formula is C15H23N3O3. The Morgan fingerprint density at radius 1 is 1.24 bits per heavy atom. The van der Waals surface area contributed by atoms with Gasteiger partial charge in [0.2, 0.25) is 17.7 Å². The van der Waals surface area contributed by atoms with Crippen molar-refractivity contribution in [3.63, 3.8) is 0 Å². The Bertz CT molecular complexity index is 447. The predicted molar refractivity (Wildman–Crippen MR) is 76.2 cm³/mol. The first-order valence-electron chi connectivity index (χ1n) is 7.96. The number of piperidine rings is 1. The van der Waals surface area contributed by atoms with Gasteiger partial charge in [0.1, 0.15) is 0 Å². The zero-order valence-corrected chi connectivity index (χ0v) is 12.3. The lowest BCUT2D eigenvalue weighted by molar-refractivity contribution is -0.139. The average Bonchev–Trinajstić information content (AvgIpc) is 3.24. The molecule has 6 heteroatoms. The number of carbonyl (C=O) groups excluding carboxylic acids is 3. The van der Waals surface area contributed by atoms with Crippen molar-refractivity contribution in [1.82, 2.24) is 15.5 Å². The summed E-state index contributed by atoms with van der Waals surface area (Å²) in [6, 6.07) is 0. The minimum absolute atomic E-state index is 0.0213. The van der Waals surface area contributed by atoms with Crippen molar-refractivity contribution >= 4 is 17.7 Å². The van der Waals surface area contributed by atoms with Gasteiger partial charge in [0.15, 0.2) is 0 Å². The summed E-state index contributed by atoms with van der Waals surface area (Å²) in [5.41, 5.74) is 0. The number of hydrogen-bond acceptors (Lipinski definition) is 3. The van der Waals surface area contributed by atoms with Crippen molar-refractivity contribution in [2.45, 2.75) is 32.1 Å². The predicted octanol–water partition coefficient (Wildman–Crippen LogP) is -0.113. The Morgan fingerprint density at radius 2 is 2.05 bits per heavy atom. The summed E-state index contributed by atoms with van der Waals surface area (Å²) < 4.78 is 0. The van der Waals surface area contributed by atoms with Crippen LogP contribution in [0.3, 0.4) is 0 Å². The van der Waals surface area contributed by atoms with Crippen LogP contribution < -0.4 is 10.6 Å². The number of nitrogens with one attached hydrogen (secondary N) is 2. The second-order valence-electron chi connectivity index (χ2n) is 6.52. The summed E-state index contributed by atoms with van der Waals surface area (Å²) in [6.07, 6.45) is 4.44. The highest BCUT2D eigenvalue weighted by Gasteiger charge is 2.35. The minimum Gasteiger partial charge on any atom is -0.356 e. The molecule has 2 N–H and O–H groups in total. The maximum absolute atomic E-state index is 12.4. The molecule has 1 saturated carbocycles. The molecule has 2 heterocycles. The molecule has 0 aromatic carbocycles. The Morgan fingerprint density at radius 3 is 2.71 bits per heavy atom. The summed E-state index contributed by atoms with van der Waals surface area (Å²) in [5, 5.41) is 5.70. The fourth-order valence-electron chi connectivity index (χ4n) is 3.14. The molecule has 0 spiro atoms. The molecule has 0 bridgehead atoms. The van der Waals surface area contributed by atoms with E-state index in [1.54, 1.807) is 4.90 Å². The van der Waals surface area contributed by atoms with Crippen LogP contribution in [-0.2, 0) is 14.4 Å². The van der Waals surface area contributed by atoms with E-state index in [1.165, 1.54) is 12.8 Å². The Labute approximate surface area is 124 Å². The SMILES string of the molecule is O=C1CC(C(=O)N2CCCC(C(=O)NCC3CC3)C2)CN1. The second-order valence-corrected chi connectivity index (χ2v) is 6.52. The number of nitrogens with zero attached hydrogens (tertiary/aromatic N) is 1. The average molecular weight is 293 g/mol. The first kappa shape index (κ1) is 14.4. The number of rotatable bonds is 4. The van der Waals surface area contributed by atoms with Crippen LogP contribution in [0.15, 0.2) is 0 Å². The van der Waals surface area contributed by atoms with Crippen molar-refractivity contribution in [2.24, 2.45) is 17.8 Å². The van der Waals surface area contributed by atoms with Crippen molar-refractivity contribution in [2.75, 3.05) is 26.2 Å². The van der Waals surface area contributed by atoms with Gasteiger partial charge in [-0.3, -0.25) is 14.4 Å². The second kappa shape index (κ2) is 6.03. The summed E-state index contributed by atoms with van der Waals surface area (Å²) in [5.74, 6) is 0.389. The van der Waals surface area contributed by atoms with Gasteiger partial charge >= 0.3 is 0 Å². The standard InChI is InChI=1S/C15H23N3O3/c19-13-6-12(8-16-13)15(21)18-5-1-2-11(9-18)14(20)17-7-10-3-4-10/h10-12H,1-9H2,(H,16,19)(H,17,20). The van der Waals surface area contributed by atoms with E-state index in [9.17, 15) is 14.4 Å². The van der Waals surface area contributed by atoms with Gasteiger partial charge in [-0.2, -0.15) is 0 Å².